The van der Waals surface area contributed by atoms with Gasteiger partial charge in [0.15, 0.2) is 0 Å². The molecule has 0 spiro atoms. The molecule has 1 aliphatic heterocycles. The first-order chi connectivity index (χ1) is 7.31. The molecular weight excluding hydrogens is 190 g/mol. The molecule has 0 aromatic carbocycles. The number of hydrogen-bond acceptors (Lipinski definition) is 4. The van der Waals surface area contributed by atoms with Crippen molar-refractivity contribution in [1.82, 2.24) is 9.80 Å². The molecular formula is C11H25N3O. The number of nitrogens with zero attached hydrogens (tertiary/aromatic N) is 2. The summed E-state index contributed by atoms with van der Waals surface area (Å²) in [6.45, 7) is 9.51. The molecule has 1 heterocycles. The van der Waals surface area contributed by atoms with E-state index >= 15 is 0 Å². The first-order valence-electron chi connectivity index (χ1n) is 5.97. The van der Waals surface area contributed by atoms with E-state index in [0.717, 1.165) is 52.3 Å². The second-order valence-corrected chi connectivity index (χ2v) is 4.17. The summed E-state index contributed by atoms with van der Waals surface area (Å²) >= 11 is 0. The van der Waals surface area contributed by atoms with Crippen LogP contribution in [-0.2, 0) is 4.74 Å². The predicted molar refractivity (Wildman–Crippen MR) is 63.0 cm³/mol. The van der Waals surface area contributed by atoms with Crippen LogP contribution in [0.2, 0.25) is 0 Å². The zero-order valence-corrected chi connectivity index (χ0v) is 10.1. The van der Waals surface area contributed by atoms with Gasteiger partial charge in [0.2, 0.25) is 0 Å². The topological polar surface area (TPSA) is 41.7 Å². The second-order valence-electron chi connectivity index (χ2n) is 4.17. The van der Waals surface area contributed by atoms with Gasteiger partial charge in [-0.25, -0.2) is 0 Å². The maximum atomic E-state index is 5.75. The first-order valence-corrected chi connectivity index (χ1v) is 5.97. The van der Waals surface area contributed by atoms with E-state index in [2.05, 4.69) is 16.7 Å². The highest BCUT2D eigenvalue weighted by atomic mass is 16.5. The fourth-order valence-corrected chi connectivity index (χ4v) is 2.15. The minimum Gasteiger partial charge on any atom is -0.383 e. The van der Waals surface area contributed by atoms with Gasteiger partial charge in [-0.15, -0.1) is 0 Å². The molecule has 1 unspecified atom stereocenters. The Kier molecular flexibility index (Phi) is 6.17. The molecule has 1 fully saturated rings. The molecule has 1 atom stereocenters. The maximum Gasteiger partial charge on any atom is 0.0589 e. The van der Waals surface area contributed by atoms with E-state index in [0.29, 0.717) is 6.04 Å². The first kappa shape index (κ1) is 12.9. The smallest absolute Gasteiger partial charge is 0.0589 e. The van der Waals surface area contributed by atoms with Crippen molar-refractivity contribution in [3.8, 4) is 0 Å². The molecule has 0 bridgehead atoms. The third kappa shape index (κ3) is 4.07. The highest BCUT2D eigenvalue weighted by molar-refractivity contribution is 4.78. The molecule has 1 rings (SSSR count). The van der Waals surface area contributed by atoms with E-state index in [4.69, 9.17) is 10.5 Å². The summed E-state index contributed by atoms with van der Waals surface area (Å²) in [5.74, 6) is 0. The van der Waals surface area contributed by atoms with Crippen LogP contribution < -0.4 is 5.73 Å². The van der Waals surface area contributed by atoms with E-state index in [1.54, 1.807) is 7.11 Å². The quantitative estimate of drug-likeness (QED) is 0.676. The van der Waals surface area contributed by atoms with E-state index in [1.165, 1.54) is 0 Å². The van der Waals surface area contributed by atoms with Gasteiger partial charge < -0.3 is 10.5 Å². The lowest BCUT2D eigenvalue weighted by Crippen LogP contribution is -2.52. The van der Waals surface area contributed by atoms with Crippen molar-refractivity contribution in [1.29, 1.82) is 0 Å². The Bertz CT molecular complexity index is 154. The molecule has 0 aromatic rings. The van der Waals surface area contributed by atoms with Gasteiger partial charge in [-0.2, -0.15) is 0 Å². The highest BCUT2D eigenvalue weighted by Gasteiger charge is 2.21. The zero-order valence-electron chi connectivity index (χ0n) is 10.1. The van der Waals surface area contributed by atoms with Crippen molar-refractivity contribution >= 4 is 0 Å². The number of piperazine rings is 1. The molecule has 0 radical (unpaired) electrons. The summed E-state index contributed by atoms with van der Waals surface area (Å²) in [5.41, 5.74) is 5.75. The normalized spacial score (nSPS) is 21.8. The Labute approximate surface area is 93.4 Å². The van der Waals surface area contributed by atoms with E-state index in [-0.39, 0.29) is 0 Å². The largest absolute Gasteiger partial charge is 0.383 e. The Morgan fingerprint density at radius 1 is 1.27 bits per heavy atom. The van der Waals surface area contributed by atoms with Crippen LogP contribution in [0, 0.1) is 0 Å². The summed E-state index contributed by atoms with van der Waals surface area (Å²) in [7, 11) is 1.76. The van der Waals surface area contributed by atoms with Gasteiger partial charge in [-0.05, 0) is 6.42 Å². The van der Waals surface area contributed by atoms with Crippen molar-refractivity contribution in [3.63, 3.8) is 0 Å². The lowest BCUT2D eigenvalue weighted by molar-refractivity contribution is 0.0753. The lowest BCUT2D eigenvalue weighted by Gasteiger charge is -2.38. The van der Waals surface area contributed by atoms with Crippen LogP contribution in [0.3, 0.4) is 0 Å². The number of methoxy groups -OCH3 is 1. The van der Waals surface area contributed by atoms with Crippen LogP contribution in [0.5, 0.6) is 0 Å². The summed E-state index contributed by atoms with van der Waals surface area (Å²) in [5, 5.41) is 0. The molecule has 0 saturated carbocycles. The summed E-state index contributed by atoms with van der Waals surface area (Å²) < 4.78 is 5.09. The minimum atomic E-state index is 0.578. The Balaban J connectivity index is 2.22. The van der Waals surface area contributed by atoms with E-state index < -0.39 is 0 Å². The maximum absolute atomic E-state index is 5.75. The second kappa shape index (κ2) is 7.17. The van der Waals surface area contributed by atoms with Gasteiger partial charge in [0.05, 0.1) is 6.61 Å². The van der Waals surface area contributed by atoms with Gasteiger partial charge in [0.1, 0.15) is 0 Å². The third-order valence-electron chi connectivity index (χ3n) is 3.28. The molecule has 90 valence electrons. The molecule has 4 nitrogen and oxygen atoms in total. The number of hydrogen-bond donors (Lipinski definition) is 1. The van der Waals surface area contributed by atoms with Crippen LogP contribution in [0.15, 0.2) is 0 Å². The average Bonchev–Trinajstić information content (AvgIpc) is 2.29. The fourth-order valence-electron chi connectivity index (χ4n) is 2.15. The summed E-state index contributed by atoms with van der Waals surface area (Å²) in [6, 6.07) is 0.578. The fraction of sp³-hybridized carbons (Fsp3) is 1.00. The number of nitrogens with two attached hydrogens (primary N) is 1. The van der Waals surface area contributed by atoms with Crippen molar-refractivity contribution in [2.24, 2.45) is 5.73 Å². The van der Waals surface area contributed by atoms with Crippen LogP contribution in [-0.4, -0.2) is 68.8 Å². The van der Waals surface area contributed by atoms with Gasteiger partial charge >= 0.3 is 0 Å². The molecule has 1 aliphatic rings. The molecule has 0 amide bonds. The third-order valence-corrected chi connectivity index (χ3v) is 3.28. The van der Waals surface area contributed by atoms with Crippen LogP contribution >= 0.6 is 0 Å². The van der Waals surface area contributed by atoms with Crippen molar-refractivity contribution in [2.75, 3.05) is 53.0 Å². The van der Waals surface area contributed by atoms with Gasteiger partial charge in [-0.1, -0.05) is 6.92 Å². The zero-order chi connectivity index (χ0) is 11.1. The van der Waals surface area contributed by atoms with E-state index in [1.807, 2.05) is 0 Å². The Morgan fingerprint density at radius 3 is 2.40 bits per heavy atom. The molecule has 15 heavy (non-hydrogen) atoms. The molecule has 0 aromatic heterocycles. The number of ether oxygens (including phenoxy) is 1. The predicted octanol–water partition coefficient (Wildman–Crippen LogP) is -0.0123. The Morgan fingerprint density at radius 2 is 1.93 bits per heavy atom. The van der Waals surface area contributed by atoms with Gasteiger partial charge in [0, 0.05) is 52.4 Å². The van der Waals surface area contributed by atoms with Gasteiger partial charge in [0.25, 0.3) is 0 Å². The monoisotopic (exact) mass is 215 g/mol. The summed E-state index contributed by atoms with van der Waals surface area (Å²) in [6.07, 6.45) is 1.16. The summed E-state index contributed by atoms with van der Waals surface area (Å²) in [4.78, 5) is 4.98. The van der Waals surface area contributed by atoms with Crippen LogP contribution in [0.25, 0.3) is 0 Å². The van der Waals surface area contributed by atoms with Crippen molar-refractivity contribution in [3.05, 3.63) is 0 Å². The SMILES string of the molecule is CCC(CN)N1CCN(CCOC)CC1. The standard InChI is InChI=1S/C11H25N3O/c1-3-11(10-12)14-6-4-13(5-7-14)8-9-15-2/h11H,3-10,12H2,1-2H3. The molecule has 0 aliphatic carbocycles. The van der Waals surface area contributed by atoms with Crippen molar-refractivity contribution in [2.45, 2.75) is 19.4 Å². The highest BCUT2D eigenvalue weighted by Crippen LogP contribution is 2.07. The van der Waals surface area contributed by atoms with Crippen molar-refractivity contribution < 1.29 is 4.74 Å². The lowest BCUT2D eigenvalue weighted by atomic mass is 10.1. The molecule has 2 N–H and O–H groups in total. The average molecular weight is 215 g/mol. The van der Waals surface area contributed by atoms with Crippen LogP contribution in [0.4, 0.5) is 0 Å². The minimum absolute atomic E-state index is 0.578. The number of rotatable bonds is 6. The van der Waals surface area contributed by atoms with Crippen LogP contribution in [0.1, 0.15) is 13.3 Å². The Hall–Kier alpha value is -0.160. The van der Waals surface area contributed by atoms with Gasteiger partial charge in [-0.3, -0.25) is 9.80 Å². The molecule has 1 saturated heterocycles. The van der Waals surface area contributed by atoms with E-state index in [9.17, 15) is 0 Å². The molecule has 4 heteroatoms.